The maximum atomic E-state index is 13.0. The van der Waals surface area contributed by atoms with E-state index in [1.807, 2.05) is 0 Å². The molecule has 1 aliphatic carbocycles. The van der Waals surface area contributed by atoms with Crippen LogP contribution in [0.25, 0.3) is 0 Å². The number of fused-ring (bicyclic) bond motifs is 3. The molecule has 0 fully saturated rings. The number of amides is 2. The molecule has 1 heterocycles. The minimum atomic E-state index is -0.738. The minimum Gasteiger partial charge on any atom is -0.452 e. The second-order valence-corrected chi connectivity index (χ2v) is 8.62. The van der Waals surface area contributed by atoms with Crippen LogP contribution in [0.4, 0.5) is 11.4 Å². The molecule has 0 bridgehead atoms. The van der Waals surface area contributed by atoms with Gasteiger partial charge in [0.1, 0.15) is 0 Å². The summed E-state index contributed by atoms with van der Waals surface area (Å²) in [6, 6.07) is 15.9. The highest BCUT2D eigenvalue weighted by Gasteiger charge is 2.31. The van der Waals surface area contributed by atoms with E-state index in [4.69, 9.17) is 4.74 Å². The van der Waals surface area contributed by atoms with Crippen molar-refractivity contribution in [1.29, 1.82) is 0 Å². The Hall–Kier alpha value is -4.24. The van der Waals surface area contributed by atoms with Crippen molar-refractivity contribution in [2.45, 2.75) is 4.90 Å². The lowest BCUT2D eigenvalue weighted by Crippen LogP contribution is -2.26. The van der Waals surface area contributed by atoms with Crippen LogP contribution in [-0.4, -0.2) is 41.7 Å². The lowest BCUT2D eigenvalue weighted by Gasteiger charge is -2.20. The molecular weight excluding hydrogens is 456 g/mol. The minimum absolute atomic E-state index is 0.105. The Labute approximate surface area is 197 Å². The van der Waals surface area contributed by atoms with Gasteiger partial charge in [-0.25, -0.2) is 4.79 Å². The number of nitrogens with one attached hydrogen (secondary N) is 2. The lowest BCUT2D eigenvalue weighted by atomic mass is 9.83. The van der Waals surface area contributed by atoms with Crippen LogP contribution < -0.4 is 10.6 Å². The molecule has 8 nitrogen and oxygen atoms in total. The number of benzene rings is 3. The number of hydrogen-bond donors (Lipinski definition) is 2. The predicted octanol–water partition coefficient (Wildman–Crippen LogP) is 3.30. The van der Waals surface area contributed by atoms with Crippen molar-refractivity contribution < 1.29 is 28.7 Å². The number of carbonyl (C=O) groups excluding carboxylic acids is 5. The average Bonchev–Trinajstić information content (AvgIpc) is 2.85. The average molecular weight is 472 g/mol. The van der Waals surface area contributed by atoms with E-state index in [0.29, 0.717) is 17.0 Å². The predicted molar refractivity (Wildman–Crippen MR) is 124 cm³/mol. The summed E-state index contributed by atoms with van der Waals surface area (Å²) in [6.07, 6.45) is 0. The highest BCUT2D eigenvalue weighted by atomic mass is 32.2. The molecule has 3 aromatic carbocycles. The van der Waals surface area contributed by atoms with Gasteiger partial charge >= 0.3 is 5.97 Å². The van der Waals surface area contributed by atoms with Gasteiger partial charge in [0, 0.05) is 21.6 Å². The Morgan fingerprint density at radius 3 is 2.44 bits per heavy atom. The van der Waals surface area contributed by atoms with E-state index in [2.05, 4.69) is 10.6 Å². The molecule has 1 aliphatic heterocycles. The van der Waals surface area contributed by atoms with Gasteiger partial charge in [0.05, 0.1) is 28.3 Å². The van der Waals surface area contributed by atoms with Crippen LogP contribution in [0.5, 0.6) is 0 Å². The van der Waals surface area contributed by atoms with Crippen molar-refractivity contribution in [2.24, 2.45) is 0 Å². The van der Waals surface area contributed by atoms with Gasteiger partial charge in [-0.3, -0.25) is 19.2 Å². The Kier molecular flexibility index (Phi) is 5.46. The molecule has 0 unspecified atom stereocenters. The van der Waals surface area contributed by atoms with Gasteiger partial charge in [0.15, 0.2) is 18.2 Å². The van der Waals surface area contributed by atoms with Crippen LogP contribution in [0.2, 0.25) is 0 Å². The van der Waals surface area contributed by atoms with Gasteiger partial charge in [0.2, 0.25) is 5.91 Å². The van der Waals surface area contributed by atoms with Crippen molar-refractivity contribution in [3.8, 4) is 0 Å². The summed E-state index contributed by atoms with van der Waals surface area (Å²) < 4.78 is 5.11. The van der Waals surface area contributed by atoms with Gasteiger partial charge in [-0.15, -0.1) is 11.8 Å². The van der Waals surface area contributed by atoms with Crippen molar-refractivity contribution >= 4 is 52.5 Å². The van der Waals surface area contributed by atoms with Gasteiger partial charge in [-0.1, -0.05) is 36.4 Å². The van der Waals surface area contributed by atoms with Crippen molar-refractivity contribution in [1.82, 2.24) is 0 Å². The number of ketones is 2. The van der Waals surface area contributed by atoms with E-state index in [0.717, 1.165) is 4.90 Å². The number of carbonyl (C=O) groups is 5. The molecule has 0 saturated heterocycles. The number of rotatable bonds is 4. The first kappa shape index (κ1) is 21.6. The lowest BCUT2D eigenvalue weighted by molar-refractivity contribution is -0.119. The summed E-state index contributed by atoms with van der Waals surface area (Å²) in [6.45, 7) is -0.598. The molecule has 3 aromatic rings. The molecular formula is C25H16N2O6S. The second-order valence-electron chi connectivity index (χ2n) is 7.60. The van der Waals surface area contributed by atoms with Gasteiger partial charge in [-0.05, 0) is 24.3 Å². The Morgan fingerprint density at radius 1 is 0.912 bits per heavy atom. The molecule has 168 valence electrons. The standard InChI is InChI=1S/C25H16N2O6S/c28-20(11-33-25(32)13-8-9-19-18(10-13)27-21(29)12-34-19)26-17-7-3-6-16-22(17)24(31)15-5-2-1-4-14(15)23(16)30/h1-10H,11-12H2,(H,26,28)(H,27,29). The van der Waals surface area contributed by atoms with Gasteiger partial charge < -0.3 is 15.4 Å². The molecule has 2 N–H and O–H groups in total. The van der Waals surface area contributed by atoms with Crippen LogP contribution in [0.1, 0.15) is 42.2 Å². The Balaban J connectivity index is 1.29. The fourth-order valence-corrected chi connectivity index (χ4v) is 4.65. The fourth-order valence-electron chi connectivity index (χ4n) is 3.86. The van der Waals surface area contributed by atoms with Gasteiger partial charge in [0.25, 0.3) is 5.91 Å². The Bertz CT molecular complexity index is 1410. The van der Waals surface area contributed by atoms with Crippen LogP contribution in [0.3, 0.4) is 0 Å². The Morgan fingerprint density at radius 2 is 1.65 bits per heavy atom. The molecule has 0 spiro atoms. The molecule has 0 aromatic heterocycles. The zero-order valence-electron chi connectivity index (χ0n) is 17.5. The highest BCUT2D eigenvalue weighted by molar-refractivity contribution is 8.00. The normalized spacial score (nSPS) is 13.8. The number of anilines is 2. The van der Waals surface area contributed by atoms with E-state index in [9.17, 15) is 24.0 Å². The van der Waals surface area contributed by atoms with Crippen LogP contribution in [-0.2, 0) is 14.3 Å². The third-order valence-corrected chi connectivity index (χ3v) is 6.48. The summed E-state index contributed by atoms with van der Waals surface area (Å²) >= 11 is 1.36. The summed E-state index contributed by atoms with van der Waals surface area (Å²) in [5.74, 6) is -1.93. The molecule has 2 amide bonds. The first-order valence-electron chi connectivity index (χ1n) is 10.3. The zero-order chi connectivity index (χ0) is 23.8. The summed E-state index contributed by atoms with van der Waals surface area (Å²) in [4.78, 5) is 63.2. The topological polar surface area (TPSA) is 119 Å². The van der Waals surface area contributed by atoms with E-state index in [1.54, 1.807) is 42.5 Å². The molecule has 0 saturated carbocycles. The van der Waals surface area contributed by atoms with E-state index >= 15 is 0 Å². The zero-order valence-corrected chi connectivity index (χ0v) is 18.4. The third kappa shape index (κ3) is 3.86. The number of ether oxygens (including phenoxy) is 1. The van der Waals surface area contributed by atoms with Crippen molar-refractivity contribution in [3.63, 3.8) is 0 Å². The van der Waals surface area contributed by atoms with Crippen LogP contribution in [0.15, 0.2) is 65.6 Å². The smallest absolute Gasteiger partial charge is 0.338 e. The van der Waals surface area contributed by atoms with E-state index < -0.39 is 18.5 Å². The highest BCUT2D eigenvalue weighted by Crippen LogP contribution is 2.33. The quantitative estimate of drug-likeness (QED) is 0.438. The molecule has 5 rings (SSSR count). The summed E-state index contributed by atoms with van der Waals surface area (Å²) in [5, 5.41) is 5.26. The monoisotopic (exact) mass is 472 g/mol. The van der Waals surface area contributed by atoms with Crippen LogP contribution in [0, 0.1) is 0 Å². The maximum Gasteiger partial charge on any atom is 0.338 e. The largest absolute Gasteiger partial charge is 0.452 e. The number of hydrogen-bond acceptors (Lipinski definition) is 7. The molecule has 34 heavy (non-hydrogen) atoms. The molecule has 0 atom stereocenters. The van der Waals surface area contributed by atoms with Gasteiger partial charge in [-0.2, -0.15) is 0 Å². The molecule has 2 aliphatic rings. The number of thioether (sulfide) groups is 1. The van der Waals surface area contributed by atoms with Crippen LogP contribution >= 0.6 is 11.8 Å². The summed E-state index contributed by atoms with van der Waals surface area (Å²) in [7, 11) is 0. The molecule has 9 heteroatoms. The first-order valence-corrected chi connectivity index (χ1v) is 11.3. The van der Waals surface area contributed by atoms with E-state index in [-0.39, 0.29) is 45.4 Å². The first-order chi connectivity index (χ1) is 16.4. The molecule has 0 radical (unpaired) electrons. The van der Waals surface area contributed by atoms with E-state index in [1.165, 1.54) is 30.0 Å². The maximum absolute atomic E-state index is 13.0. The van der Waals surface area contributed by atoms with Crippen molar-refractivity contribution in [3.05, 3.63) is 88.5 Å². The number of esters is 1. The third-order valence-electron chi connectivity index (χ3n) is 5.41. The summed E-state index contributed by atoms with van der Waals surface area (Å²) in [5.41, 5.74) is 1.76. The van der Waals surface area contributed by atoms with Crippen molar-refractivity contribution in [2.75, 3.05) is 23.0 Å². The fraction of sp³-hybridized carbons (Fsp3) is 0.0800. The second kappa shape index (κ2) is 8.60. The SMILES string of the molecule is O=C1CSc2ccc(C(=O)OCC(=O)Nc3cccc4c3C(=O)c3ccccc3C4=O)cc2N1.